The smallest absolute Gasteiger partial charge is 0.272 e. The van der Waals surface area contributed by atoms with Gasteiger partial charge in [0, 0.05) is 6.54 Å². The first-order valence-electron chi connectivity index (χ1n) is 6.33. The number of nitrogens with two attached hydrogens (primary N) is 1. The Morgan fingerprint density at radius 1 is 1.30 bits per heavy atom. The van der Waals surface area contributed by atoms with Gasteiger partial charge >= 0.3 is 0 Å². The molecule has 5 N–H and O–H groups in total. The van der Waals surface area contributed by atoms with Gasteiger partial charge in [0.05, 0.1) is 22.4 Å². The van der Waals surface area contributed by atoms with Crippen LogP contribution in [0.3, 0.4) is 0 Å². The lowest BCUT2D eigenvalue weighted by Gasteiger charge is -2.13. The van der Waals surface area contributed by atoms with E-state index in [-0.39, 0.29) is 29.1 Å². The molecule has 0 saturated heterocycles. The van der Waals surface area contributed by atoms with Crippen LogP contribution >= 0.6 is 0 Å². The zero-order valence-corrected chi connectivity index (χ0v) is 11.0. The molecule has 2 rings (SSSR count). The number of rotatable bonds is 4. The van der Waals surface area contributed by atoms with Crippen molar-refractivity contribution in [2.45, 2.75) is 13.3 Å². The van der Waals surface area contributed by atoms with Crippen LogP contribution in [0.5, 0.6) is 0 Å². The topological polar surface area (TPSA) is 121 Å². The van der Waals surface area contributed by atoms with Gasteiger partial charge in [0.2, 0.25) is 5.91 Å². The van der Waals surface area contributed by atoms with Crippen molar-refractivity contribution < 1.29 is 4.79 Å². The van der Waals surface area contributed by atoms with Crippen molar-refractivity contribution in [1.29, 1.82) is 0 Å². The van der Waals surface area contributed by atoms with Crippen molar-refractivity contribution >= 4 is 22.4 Å². The van der Waals surface area contributed by atoms with Gasteiger partial charge in [0.25, 0.3) is 11.1 Å². The molecule has 0 radical (unpaired) electrons. The number of fused-ring (bicyclic) bond motifs is 1. The number of nitrogens with one attached hydrogen (secondary N) is 3. The molecule has 7 heteroatoms. The molecular formula is C13H16N4O3. The van der Waals surface area contributed by atoms with E-state index >= 15 is 0 Å². The van der Waals surface area contributed by atoms with Crippen LogP contribution in [0.1, 0.15) is 13.3 Å². The fourth-order valence-corrected chi connectivity index (χ4v) is 2.03. The lowest BCUT2D eigenvalue weighted by atomic mass is 10.1. The number of amides is 1. The number of benzene rings is 1. The molecule has 7 nitrogen and oxygen atoms in total. The molecular weight excluding hydrogens is 260 g/mol. The first-order valence-corrected chi connectivity index (χ1v) is 6.33. The lowest BCUT2D eigenvalue weighted by Crippen LogP contribution is -2.29. The van der Waals surface area contributed by atoms with E-state index in [0.29, 0.717) is 12.1 Å². The SMILES string of the molecule is CCC(CN)C(=O)Nc1cccc2c(=O)[nH][nH]c(=O)c12. The van der Waals surface area contributed by atoms with Gasteiger partial charge in [-0.3, -0.25) is 24.6 Å². The van der Waals surface area contributed by atoms with Crippen LogP contribution in [0.2, 0.25) is 0 Å². The molecule has 0 aliphatic heterocycles. The summed E-state index contributed by atoms with van der Waals surface area (Å²) < 4.78 is 0. The minimum Gasteiger partial charge on any atom is -0.330 e. The highest BCUT2D eigenvalue weighted by atomic mass is 16.2. The number of anilines is 1. The van der Waals surface area contributed by atoms with Crippen LogP contribution in [-0.2, 0) is 4.79 Å². The maximum absolute atomic E-state index is 12.0. The monoisotopic (exact) mass is 276 g/mol. The molecule has 0 spiro atoms. The van der Waals surface area contributed by atoms with Crippen molar-refractivity contribution in [3.8, 4) is 0 Å². The average molecular weight is 276 g/mol. The zero-order valence-electron chi connectivity index (χ0n) is 11.0. The van der Waals surface area contributed by atoms with E-state index in [9.17, 15) is 14.4 Å². The van der Waals surface area contributed by atoms with E-state index in [1.807, 2.05) is 6.92 Å². The number of carbonyl (C=O) groups excluding carboxylic acids is 1. The summed E-state index contributed by atoms with van der Waals surface area (Å²) in [6.07, 6.45) is 0.601. The molecule has 106 valence electrons. The highest BCUT2D eigenvalue weighted by molar-refractivity contribution is 6.02. The Balaban J connectivity index is 2.51. The van der Waals surface area contributed by atoms with Crippen LogP contribution in [-0.4, -0.2) is 22.6 Å². The van der Waals surface area contributed by atoms with Gasteiger partial charge in [-0.2, -0.15) is 0 Å². The highest BCUT2D eigenvalue weighted by Gasteiger charge is 2.16. The molecule has 0 fully saturated rings. The van der Waals surface area contributed by atoms with Crippen molar-refractivity contribution in [2.24, 2.45) is 11.7 Å². The van der Waals surface area contributed by atoms with Gasteiger partial charge in [-0.25, -0.2) is 0 Å². The van der Waals surface area contributed by atoms with Crippen molar-refractivity contribution in [3.05, 3.63) is 38.9 Å². The second-order valence-electron chi connectivity index (χ2n) is 4.47. The summed E-state index contributed by atoms with van der Waals surface area (Å²) in [5.74, 6) is -0.589. The predicted molar refractivity (Wildman–Crippen MR) is 76.7 cm³/mol. The van der Waals surface area contributed by atoms with E-state index in [1.165, 1.54) is 6.07 Å². The van der Waals surface area contributed by atoms with Gasteiger partial charge in [0.15, 0.2) is 0 Å². The minimum absolute atomic E-state index is 0.163. The van der Waals surface area contributed by atoms with Crippen LogP contribution in [0.25, 0.3) is 10.8 Å². The van der Waals surface area contributed by atoms with Gasteiger partial charge in [-0.15, -0.1) is 0 Å². The molecule has 0 bridgehead atoms. The van der Waals surface area contributed by atoms with E-state index in [2.05, 4.69) is 15.5 Å². The van der Waals surface area contributed by atoms with Gasteiger partial charge in [0.1, 0.15) is 0 Å². The third-order valence-corrected chi connectivity index (χ3v) is 3.23. The molecule has 1 amide bonds. The third-order valence-electron chi connectivity index (χ3n) is 3.23. The minimum atomic E-state index is -0.462. The normalized spacial score (nSPS) is 12.3. The Morgan fingerprint density at radius 3 is 2.65 bits per heavy atom. The Labute approximate surface area is 114 Å². The van der Waals surface area contributed by atoms with Gasteiger partial charge in [-0.1, -0.05) is 13.0 Å². The molecule has 1 aromatic heterocycles. The maximum atomic E-state index is 12.0. The molecule has 20 heavy (non-hydrogen) atoms. The molecule has 1 atom stereocenters. The standard InChI is InChI=1S/C13H16N4O3/c1-2-7(6-14)11(18)15-9-5-3-4-8-10(9)13(20)17-16-12(8)19/h3-5,7H,2,6,14H2,1H3,(H,15,18)(H,16,19)(H,17,20). The fourth-order valence-electron chi connectivity index (χ4n) is 2.03. The van der Waals surface area contributed by atoms with E-state index in [4.69, 9.17) is 5.73 Å². The number of carbonyl (C=O) groups is 1. The molecule has 0 aliphatic rings. The number of aromatic nitrogens is 2. The second-order valence-corrected chi connectivity index (χ2v) is 4.47. The first-order chi connectivity index (χ1) is 9.58. The number of H-pyrrole nitrogens is 2. The molecule has 1 heterocycles. The van der Waals surface area contributed by atoms with Crippen molar-refractivity contribution in [3.63, 3.8) is 0 Å². The van der Waals surface area contributed by atoms with Crippen LogP contribution in [0.4, 0.5) is 5.69 Å². The highest BCUT2D eigenvalue weighted by Crippen LogP contribution is 2.18. The fraction of sp³-hybridized carbons (Fsp3) is 0.308. The zero-order chi connectivity index (χ0) is 14.7. The summed E-state index contributed by atoms with van der Waals surface area (Å²) in [5.41, 5.74) is 4.96. The lowest BCUT2D eigenvalue weighted by molar-refractivity contribution is -0.119. The summed E-state index contributed by atoms with van der Waals surface area (Å²) >= 11 is 0. The average Bonchev–Trinajstić information content (AvgIpc) is 2.44. The summed E-state index contributed by atoms with van der Waals surface area (Å²) in [7, 11) is 0. The summed E-state index contributed by atoms with van der Waals surface area (Å²) in [4.78, 5) is 35.5. The Hall–Kier alpha value is -2.41. The van der Waals surface area contributed by atoms with Crippen molar-refractivity contribution in [2.75, 3.05) is 11.9 Å². The van der Waals surface area contributed by atoms with E-state index in [0.717, 1.165) is 0 Å². The second kappa shape index (κ2) is 5.70. The molecule has 1 unspecified atom stereocenters. The molecule has 1 aromatic carbocycles. The summed E-state index contributed by atoms with van der Waals surface area (Å²) in [5, 5.41) is 7.54. The molecule has 0 saturated carbocycles. The Bertz CT molecular complexity index is 743. The number of aromatic amines is 2. The quantitative estimate of drug-likeness (QED) is 0.634. The van der Waals surface area contributed by atoms with Crippen LogP contribution in [0.15, 0.2) is 27.8 Å². The first kappa shape index (κ1) is 14.0. The van der Waals surface area contributed by atoms with Gasteiger partial charge < -0.3 is 11.1 Å². The maximum Gasteiger partial charge on any atom is 0.272 e. The Kier molecular flexibility index (Phi) is 3.99. The molecule has 2 aromatic rings. The Morgan fingerprint density at radius 2 is 2.00 bits per heavy atom. The molecule has 0 aliphatic carbocycles. The number of hydrogen-bond acceptors (Lipinski definition) is 4. The van der Waals surface area contributed by atoms with E-state index in [1.54, 1.807) is 12.1 Å². The van der Waals surface area contributed by atoms with Crippen LogP contribution in [0, 0.1) is 5.92 Å². The van der Waals surface area contributed by atoms with E-state index < -0.39 is 11.1 Å². The van der Waals surface area contributed by atoms with Crippen LogP contribution < -0.4 is 22.2 Å². The number of hydrogen-bond donors (Lipinski definition) is 4. The van der Waals surface area contributed by atoms with Gasteiger partial charge in [-0.05, 0) is 18.6 Å². The van der Waals surface area contributed by atoms with Crippen molar-refractivity contribution in [1.82, 2.24) is 10.2 Å². The summed E-state index contributed by atoms with van der Waals surface area (Å²) in [6.45, 7) is 2.09. The third kappa shape index (κ3) is 2.48. The predicted octanol–water partition coefficient (Wildman–Crippen LogP) is 0.140. The summed E-state index contributed by atoms with van der Waals surface area (Å²) in [6, 6.07) is 4.72. The largest absolute Gasteiger partial charge is 0.330 e.